The molecule has 0 bridgehead atoms. The highest BCUT2D eigenvalue weighted by atomic mass is 35.5. The number of ether oxygens (including phenoxy) is 2. The topological polar surface area (TPSA) is 88.2 Å². The van der Waals surface area contributed by atoms with Crippen LogP contribution < -0.4 is 19.7 Å². The Hall–Kier alpha value is -3.10. The largest absolute Gasteiger partial charge is 0.497 e. The molecule has 0 aliphatic carbocycles. The van der Waals surface area contributed by atoms with Gasteiger partial charge in [-0.2, -0.15) is 0 Å². The van der Waals surface area contributed by atoms with Gasteiger partial charge in [0.2, 0.25) is 17.7 Å². The Labute approximate surface area is 201 Å². The summed E-state index contributed by atoms with van der Waals surface area (Å²) in [5, 5.41) is 3.51. The van der Waals surface area contributed by atoms with Gasteiger partial charge in [0.25, 0.3) is 0 Å². The number of rotatable bonds is 3. The van der Waals surface area contributed by atoms with Gasteiger partial charge in [-0.15, -0.1) is 0 Å². The number of amides is 3. The van der Waals surface area contributed by atoms with E-state index in [4.69, 9.17) is 21.1 Å². The number of carbonyl (C=O) groups is 3. The van der Waals surface area contributed by atoms with Gasteiger partial charge in [-0.3, -0.25) is 19.3 Å². The number of hydrogen-bond acceptors (Lipinski definition) is 6. The van der Waals surface area contributed by atoms with Crippen molar-refractivity contribution in [3.05, 3.63) is 46.5 Å². The highest BCUT2D eigenvalue weighted by Crippen LogP contribution is 2.61. The predicted octanol–water partition coefficient (Wildman–Crippen LogP) is 3.10. The summed E-state index contributed by atoms with van der Waals surface area (Å²) < 4.78 is 10.8. The normalized spacial score (nSPS) is 29.5. The summed E-state index contributed by atoms with van der Waals surface area (Å²) in [5.74, 6) is -1.60. The lowest BCUT2D eigenvalue weighted by Crippen LogP contribution is -2.54. The predicted molar refractivity (Wildman–Crippen MR) is 125 cm³/mol. The monoisotopic (exact) mass is 481 g/mol. The van der Waals surface area contributed by atoms with E-state index in [2.05, 4.69) is 10.2 Å². The van der Waals surface area contributed by atoms with Gasteiger partial charge in [-0.05, 0) is 56.1 Å². The molecule has 3 saturated heterocycles. The summed E-state index contributed by atoms with van der Waals surface area (Å²) >= 11 is 6.44. The van der Waals surface area contributed by atoms with E-state index in [0.29, 0.717) is 40.0 Å². The van der Waals surface area contributed by atoms with E-state index in [1.165, 1.54) is 19.1 Å². The molecule has 9 heteroatoms. The maximum atomic E-state index is 14.2. The van der Waals surface area contributed by atoms with Crippen LogP contribution in [0.2, 0.25) is 5.02 Å². The van der Waals surface area contributed by atoms with Gasteiger partial charge >= 0.3 is 0 Å². The third-order valence-electron chi connectivity index (χ3n) is 7.89. The zero-order chi connectivity index (χ0) is 23.9. The highest BCUT2D eigenvalue weighted by molar-refractivity contribution is 6.31. The van der Waals surface area contributed by atoms with Crippen molar-refractivity contribution in [3.8, 4) is 11.5 Å². The van der Waals surface area contributed by atoms with Crippen molar-refractivity contribution >= 4 is 40.7 Å². The van der Waals surface area contributed by atoms with Crippen LogP contribution in [0.4, 0.5) is 11.4 Å². The van der Waals surface area contributed by atoms with Crippen molar-refractivity contribution < 1.29 is 23.9 Å². The number of methoxy groups -OCH3 is 2. The summed E-state index contributed by atoms with van der Waals surface area (Å²) in [5.41, 5.74) is 1.24. The van der Waals surface area contributed by atoms with Crippen LogP contribution in [0.25, 0.3) is 0 Å². The number of nitrogens with zero attached hydrogens (tertiary/aromatic N) is 2. The molecule has 0 saturated carbocycles. The molecule has 2 aromatic carbocycles. The molecule has 8 nitrogen and oxygen atoms in total. The summed E-state index contributed by atoms with van der Waals surface area (Å²) in [6.07, 6.45) is 1.59. The second-order valence-electron chi connectivity index (χ2n) is 9.32. The Morgan fingerprint density at radius 2 is 1.88 bits per heavy atom. The quantitative estimate of drug-likeness (QED) is 0.678. The lowest BCUT2D eigenvalue weighted by Gasteiger charge is -2.36. The summed E-state index contributed by atoms with van der Waals surface area (Å²) in [6, 6.07) is 8.35. The molecule has 4 aliphatic heterocycles. The van der Waals surface area contributed by atoms with Crippen LogP contribution in [0.15, 0.2) is 30.3 Å². The van der Waals surface area contributed by atoms with E-state index in [1.807, 2.05) is 6.92 Å². The molecule has 34 heavy (non-hydrogen) atoms. The van der Waals surface area contributed by atoms with Crippen LogP contribution in [0.1, 0.15) is 24.0 Å². The molecule has 0 radical (unpaired) electrons. The van der Waals surface area contributed by atoms with Crippen LogP contribution in [-0.4, -0.2) is 49.4 Å². The van der Waals surface area contributed by atoms with Crippen LogP contribution in [0, 0.1) is 18.8 Å². The first kappa shape index (κ1) is 21.4. The fourth-order valence-corrected chi connectivity index (χ4v) is 6.92. The van der Waals surface area contributed by atoms with E-state index in [1.54, 1.807) is 30.3 Å². The lowest BCUT2D eigenvalue weighted by atomic mass is 9.75. The Kier molecular flexibility index (Phi) is 4.54. The first-order chi connectivity index (χ1) is 16.3. The van der Waals surface area contributed by atoms with Crippen molar-refractivity contribution in [3.63, 3.8) is 0 Å². The van der Waals surface area contributed by atoms with Crippen molar-refractivity contribution in [2.45, 2.75) is 31.3 Å². The summed E-state index contributed by atoms with van der Waals surface area (Å²) in [6.45, 7) is 2.52. The average molecular weight is 482 g/mol. The van der Waals surface area contributed by atoms with E-state index in [-0.39, 0.29) is 17.9 Å². The maximum Gasteiger partial charge on any atom is 0.250 e. The maximum absolute atomic E-state index is 14.2. The zero-order valence-electron chi connectivity index (χ0n) is 19.1. The number of anilines is 2. The van der Waals surface area contributed by atoms with Crippen LogP contribution in [0.5, 0.6) is 11.5 Å². The zero-order valence-corrected chi connectivity index (χ0v) is 19.8. The summed E-state index contributed by atoms with van der Waals surface area (Å²) in [4.78, 5) is 45.1. The third-order valence-corrected chi connectivity index (χ3v) is 8.11. The molecule has 176 valence electrons. The van der Waals surface area contributed by atoms with Crippen molar-refractivity contribution in [2.24, 2.45) is 11.8 Å². The minimum Gasteiger partial charge on any atom is -0.497 e. The van der Waals surface area contributed by atoms with Gasteiger partial charge in [-0.1, -0.05) is 11.6 Å². The molecule has 2 aromatic rings. The minimum atomic E-state index is -1.27. The van der Waals surface area contributed by atoms with E-state index in [9.17, 15) is 14.4 Å². The SMILES string of the molecule is COc1ccc(OC)c(N2C(=O)[C@@H]3[C@H]4CCCN4[C@]4(C(=O)Nc5c(C)cc(Cl)cc54)[C@H]3C2=O)c1. The number of hydrogen-bond donors (Lipinski definition) is 1. The van der Waals surface area contributed by atoms with Crippen molar-refractivity contribution in [1.82, 2.24) is 4.90 Å². The van der Waals surface area contributed by atoms with Crippen molar-refractivity contribution in [1.29, 1.82) is 0 Å². The molecule has 1 spiro atoms. The highest BCUT2D eigenvalue weighted by Gasteiger charge is 2.75. The van der Waals surface area contributed by atoms with Crippen molar-refractivity contribution in [2.75, 3.05) is 31.0 Å². The number of imide groups is 1. The average Bonchev–Trinajstić information content (AvgIpc) is 3.52. The van der Waals surface area contributed by atoms with E-state index >= 15 is 0 Å². The third kappa shape index (κ3) is 2.45. The van der Waals surface area contributed by atoms with Gasteiger partial charge in [0.05, 0.1) is 31.7 Å². The van der Waals surface area contributed by atoms with E-state index in [0.717, 1.165) is 18.4 Å². The molecule has 3 amide bonds. The summed E-state index contributed by atoms with van der Waals surface area (Å²) in [7, 11) is 3.01. The number of fused-ring (bicyclic) bond motifs is 7. The molecule has 0 unspecified atom stereocenters. The fourth-order valence-electron chi connectivity index (χ4n) is 6.64. The van der Waals surface area contributed by atoms with Gasteiger partial charge in [0, 0.05) is 28.4 Å². The number of aryl methyl sites for hydroxylation is 1. The second kappa shape index (κ2) is 7.20. The molecule has 6 rings (SSSR count). The number of halogens is 1. The van der Waals surface area contributed by atoms with Gasteiger partial charge < -0.3 is 14.8 Å². The Morgan fingerprint density at radius 1 is 1.09 bits per heavy atom. The van der Waals surface area contributed by atoms with E-state index < -0.39 is 23.3 Å². The molecule has 4 atom stereocenters. The first-order valence-corrected chi connectivity index (χ1v) is 11.7. The standard InChI is InChI=1S/C25H24ClN3O5/c1-12-9-13(26)10-15-21(12)27-24(32)25(15)20-19(16-5-4-8-28(16)25)22(30)29(23(20)31)17-11-14(33-2)6-7-18(17)34-3/h6-7,9-11,16,19-20H,4-5,8H2,1-3H3,(H,27,32)/t16-,19-,20-,25+/m1/s1. The van der Waals surface area contributed by atoms with Crippen LogP contribution in [0.3, 0.4) is 0 Å². The molecule has 0 aromatic heterocycles. The Bertz CT molecular complexity index is 1280. The Balaban J connectivity index is 1.57. The molecule has 1 N–H and O–H groups in total. The molecular formula is C25H24ClN3O5. The first-order valence-electron chi connectivity index (χ1n) is 11.3. The van der Waals surface area contributed by atoms with Gasteiger partial charge in [-0.25, -0.2) is 4.90 Å². The molecule has 4 heterocycles. The smallest absolute Gasteiger partial charge is 0.250 e. The number of benzene rings is 2. The van der Waals surface area contributed by atoms with Crippen LogP contribution >= 0.6 is 11.6 Å². The minimum absolute atomic E-state index is 0.209. The van der Waals surface area contributed by atoms with Gasteiger partial charge in [0.1, 0.15) is 17.0 Å². The molecule has 3 fully saturated rings. The molecule has 4 aliphatic rings. The Morgan fingerprint density at radius 3 is 2.62 bits per heavy atom. The lowest BCUT2D eigenvalue weighted by molar-refractivity contribution is -0.135. The number of nitrogens with one attached hydrogen (secondary N) is 1. The number of carbonyl (C=O) groups excluding carboxylic acids is 3. The van der Waals surface area contributed by atoms with Crippen LogP contribution in [-0.2, 0) is 19.9 Å². The second-order valence-corrected chi connectivity index (χ2v) is 9.76. The fraction of sp³-hybridized carbons (Fsp3) is 0.400. The van der Waals surface area contributed by atoms with Gasteiger partial charge in [0.15, 0.2) is 0 Å². The molecular weight excluding hydrogens is 458 g/mol.